The zero-order valence-electron chi connectivity index (χ0n) is 19.5. The van der Waals surface area contributed by atoms with E-state index in [0.29, 0.717) is 31.3 Å². The van der Waals surface area contributed by atoms with Crippen molar-refractivity contribution in [2.75, 3.05) is 43.2 Å². The number of ketones is 1. The fourth-order valence-electron chi connectivity index (χ4n) is 4.55. The summed E-state index contributed by atoms with van der Waals surface area (Å²) in [6.45, 7) is 5.23. The average molecular weight is 473 g/mol. The van der Waals surface area contributed by atoms with Crippen LogP contribution in [0, 0.1) is 0 Å². The maximum Gasteiger partial charge on any atom is 0.249 e. The van der Waals surface area contributed by atoms with Crippen molar-refractivity contribution in [1.82, 2.24) is 40.4 Å². The lowest BCUT2D eigenvalue weighted by atomic mass is 9.99. The van der Waals surface area contributed by atoms with Crippen LogP contribution in [0.15, 0.2) is 41.9 Å². The van der Waals surface area contributed by atoms with Crippen molar-refractivity contribution < 1.29 is 9.53 Å². The fourth-order valence-corrected chi connectivity index (χ4v) is 4.55. The van der Waals surface area contributed by atoms with E-state index >= 15 is 0 Å². The number of carbonyl (C=O) groups excluding carboxylic acids is 1. The van der Waals surface area contributed by atoms with Crippen LogP contribution in [-0.2, 0) is 22.5 Å². The predicted octanol–water partition coefficient (Wildman–Crippen LogP) is 1.38. The Morgan fingerprint density at radius 1 is 1.17 bits per heavy atom. The summed E-state index contributed by atoms with van der Waals surface area (Å²) in [6, 6.07) is 7.86. The molecule has 12 heteroatoms. The lowest BCUT2D eigenvalue weighted by Gasteiger charge is -2.27. The third kappa shape index (κ3) is 3.81. The number of anilines is 2. The Balaban J connectivity index is 1.28. The van der Waals surface area contributed by atoms with Gasteiger partial charge in [-0.2, -0.15) is 5.10 Å². The Labute approximate surface area is 200 Å². The van der Waals surface area contributed by atoms with Crippen LogP contribution in [0.3, 0.4) is 0 Å². The van der Waals surface area contributed by atoms with Gasteiger partial charge in [0.2, 0.25) is 5.95 Å². The highest BCUT2D eigenvalue weighted by Gasteiger charge is 2.26. The summed E-state index contributed by atoms with van der Waals surface area (Å²) >= 11 is 0. The SMILES string of the molecule is CC1=C(C(=O)Cc2ccc3[nH]nc(-c4cc(N5CCOCC5)ncn4)c3c2)Cn2nnnc2N1C. The first kappa shape index (κ1) is 21.4. The normalized spacial score (nSPS) is 16.2. The minimum Gasteiger partial charge on any atom is -0.378 e. The van der Waals surface area contributed by atoms with E-state index in [4.69, 9.17) is 4.74 Å². The second-order valence-corrected chi connectivity index (χ2v) is 8.67. The third-order valence-corrected chi connectivity index (χ3v) is 6.62. The van der Waals surface area contributed by atoms with Gasteiger partial charge in [-0.15, -0.1) is 0 Å². The van der Waals surface area contributed by atoms with Crippen LogP contribution < -0.4 is 9.80 Å². The van der Waals surface area contributed by atoms with Crippen molar-refractivity contribution in [3.63, 3.8) is 0 Å². The monoisotopic (exact) mass is 472 g/mol. The number of carbonyl (C=O) groups is 1. The van der Waals surface area contributed by atoms with Crippen molar-refractivity contribution >= 4 is 28.5 Å². The molecule has 178 valence electrons. The molecule has 0 saturated carbocycles. The summed E-state index contributed by atoms with van der Waals surface area (Å²) in [5.41, 5.74) is 4.81. The molecule has 6 rings (SSSR count). The Morgan fingerprint density at radius 2 is 2.03 bits per heavy atom. The number of hydrogen-bond acceptors (Lipinski definition) is 10. The molecule has 2 aliphatic rings. The van der Waals surface area contributed by atoms with Gasteiger partial charge < -0.3 is 14.5 Å². The summed E-state index contributed by atoms with van der Waals surface area (Å²) in [4.78, 5) is 26.2. The molecule has 0 amide bonds. The molecule has 0 aliphatic carbocycles. The van der Waals surface area contributed by atoms with Crippen LogP contribution in [0.25, 0.3) is 22.3 Å². The van der Waals surface area contributed by atoms with E-state index < -0.39 is 0 Å². The number of nitrogens with zero attached hydrogens (tertiary/aromatic N) is 9. The standard InChI is InChI=1S/C23H24N10O2/c1-14-17(12-33-23(31(14)2)28-29-30-33)20(34)10-15-3-4-18-16(9-15)22(27-26-18)19-11-21(25-13-24-19)32-5-7-35-8-6-32/h3-4,9,11,13H,5-8,10,12H2,1-2H3,(H,26,27). The Hall–Kier alpha value is -4.19. The summed E-state index contributed by atoms with van der Waals surface area (Å²) in [5, 5.41) is 20.2. The first-order valence-corrected chi connectivity index (χ1v) is 11.4. The van der Waals surface area contributed by atoms with Crippen molar-refractivity contribution in [3.8, 4) is 11.4 Å². The number of benzene rings is 1. The minimum atomic E-state index is 0.0385. The molecule has 1 fully saturated rings. The quantitative estimate of drug-likeness (QED) is 0.454. The number of hydrogen-bond donors (Lipinski definition) is 1. The molecule has 1 N–H and O–H groups in total. The minimum absolute atomic E-state index is 0.0385. The highest BCUT2D eigenvalue weighted by molar-refractivity contribution is 5.99. The largest absolute Gasteiger partial charge is 0.378 e. The van der Waals surface area contributed by atoms with Crippen molar-refractivity contribution in [2.45, 2.75) is 19.9 Å². The van der Waals surface area contributed by atoms with Gasteiger partial charge in [-0.3, -0.25) is 9.89 Å². The Bertz CT molecular complexity index is 1450. The molecule has 0 atom stereocenters. The number of aromatic nitrogens is 8. The number of allylic oxidation sites excluding steroid dienone is 2. The molecule has 35 heavy (non-hydrogen) atoms. The molecule has 1 aromatic carbocycles. The summed E-state index contributed by atoms with van der Waals surface area (Å²) in [5.74, 6) is 1.52. The number of H-pyrrole nitrogens is 1. The first-order valence-electron chi connectivity index (χ1n) is 11.4. The first-order chi connectivity index (χ1) is 17.1. The average Bonchev–Trinajstić information content (AvgIpc) is 3.54. The summed E-state index contributed by atoms with van der Waals surface area (Å²) < 4.78 is 7.09. The van der Waals surface area contributed by atoms with Crippen LogP contribution in [0.4, 0.5) is 11.8 Å². The molecular formula is C23H24N10O2. The molecule has 4 aromatic rings. The van der Waals surface area contributed by atoms with Gasteiger partial charge in [0.05, 0.1) is 31.0 Å². The molecular weight excluding hydrogens is 448 g/mol. The van der Waals surface area contributed by atoms with E-state index in [1.807, 2.05) is 43.1 Å². The smallest absolute Gasteiger partial charge is 0.249 e. The number of morpholine rings is 1. The number of tetrazole rings is 1. The van der Waals surface area contributed by atoms with Crippen LogP contribution in [0.1, 0.15) is 12.5 Å². The second kappa shape index (κ2) is 8.55. The molecule has 0 spiro atoms. The maximum atomic E-state index is 13.3. The third-order valence-electron chi connectivity index (χ3n) is 6.62. The molecule has 0 unspecified atom stereocenters. The molecule has 1 saturated heterocycles. The number of nitrogens with one attached hydrogen (secondary N) is 1. The van der Waals surface area contributed by atoms with Gasteiger partial charge in [0.25, 0.3) is 0 Å². The van der Waals surface area contributed by atoms with Gasteiger partial charge in [0.15, 0.2) is 5.78 Å². The Morgan fingerprint density at radius 3 is 2.89 bits per heavy atom. The summed E-state index contributed by atoms with van der Waals surface area (Å²) in [7, 11) is 1.86. The lowest BCUT2D eigenvalue weighted by Crippen LogP contribution is -2.36. The van der Waals surface area contributed by atoms with Gasteiger partial charge in [-0.1, -0.05) is 11.2 Å². The van der Waals surface area contributed by atoms with Gasteiger partial charge >= 0.3 is 0 Å². The predicted molar refractivity (Wildman–Crippen MR) is 128 cm³/mol. The van der Waals surface area contributed by atoms with Crippen LogP contribution >= 0.6 is 0 Å². The number of ether oxygens (including phenoxy) is 1. The van der Waals surface area contributed by atoms with Gasteiger partial charge in [-0.25, -0.2) is 14.6 Å². The van der Waals surface area contributed by atoms with Gasteiger partial charge in [-0.05, 0) is 35.0 Å². The molecule has 0 radical (unpaired) electrons. The summed E-state index contributed by atoms with van der Waals surface area (Å²) in [6.07, 6.45) is 1.83. The number of Topliss-reactive ketones (excluding diaryl/α,β-unsaturated/α-hetero) is 1. The van der Waals surface area contributed by atoms with Gasteiger partial charge in [0.1, 0.15) is 17.8 Å². The van der Waals surface area contributed by atoms with Crippen molar-refractivity contribution in [3.05, 3.63) is 47.4 Å². The highest BCUT2D eigenvalue weighted by atomic mass is 16.5. The Kier molecular flexibility index (Phi) is 5.21. The van der Waals surface area contributed by atoms with E-state index in [-0.39, 0.29) is 12.2 Å². The van der Waals surface area contributed by atoms with Crippen molar-refractivity contribution in [2.24, 2.45) is 0 Å². The number of aromatic amines is 1. The van der Waals surface area contributed by atoms with Crippen LogP contribution in [0.5, 0.6) is 0 Å². The lowest BCUT2D eigenvalue weighted by molar-refractivity contribution is -0.115. The maximum absolute atomic E-state index is 13.3. The molecule has 0 bridgehead atoms. The molecule has 12 nitrogen and oxygen atoms in total. The second-order valence-electron chi connectivity index (χ2n) is 8.67. The zero-order valence-corrected chi connectivity index (χ0v) is 19.5. The molecule has 3 aromatic heterocycles. The van der Waals surface area contributed by atoms with E-state index in [2.05, 4.69) is 40.6 Å². The van der Waals surface area contributed by atoms with Crippen molar-refractivity contribution in [1.29, 1.82) is 0 Å². The molecule has 2 aliphatic heterocycles. The van der Waals surface area contributed by atoms with E-state index in [1.165, 1.54) is 0 Å². The van der Waals surface area contributed by atoms with Crippen LogP contribution in [0.2, 0.25) is 0 Å². The topological polar surface area (TPSA) is 131 Å². The van der Waals surface area contributed by atoms with Gasteiger partial charge in [0, 0.05) is 49.3 Å². The fraction of sp³-hybridized carbons (Fsp3) is 0.348. The number of rotatable bonds is 5. The molecule has 5 heterocycles. The van der Waals surface area contributed by atoms with E-state index in [0.717, 1.165) is 52.5 Å². The zero-order chi connectivity index (χ0) is 23.9. The van der Waals surface area contributed by atoms with Crippen LogP contribution in [-0.4, -0.2) is 79.5 Å². The van der Waals surface area contributed by atoms with E-state index in [9.17, 15) is 4.79 Å². The van der Waals surface area contributed by atoms with E-state index in [1.54, 1.807) is 11.0 Å². The number of fused-ring (bicyclic) bond motifs is 2. The highest BCUT2D eigenvalue weighted by Crippen LogP contribution is 2.29.